The lowest BCUT2D eigenvalue weighted by atomic mass is 10.2. The molecule has 14 heavy (non-hydrogen) atoms. The molecule has 1 atom stereocenters. The van der Waals surface area contributed by atoms with E-state index in [-0.39, 0.29) is 5.25 Å². The average Bonchev–Trinajstić information content (AvgIpc) is 2.54. The van der Waals surface area contributed by atoms with Crippen LogP contribution in [0.1, 0.15) is 20.3 Å². The highest BCUT2D eigenvalue weighted by Gasteiger charge is 2.32. The molecule has 4 nitrogen and oxygen atoms in total. The van der Waals surface area contributed by atoms with Crippen molar-refractivity contribution < 1.29 is 8.42 Å². The van der Waals surface area contributed by atoms with Crippen LogP contribution in [0.2, 0.25) is 0 Å². The van der Waals surface area contributed by atoms with Crippen molar-refractivity contribution in [3.05, 3.63) is 0 Å². The van der Waals surface area contributed by atoms with E-state index in [1.54, 1.807) is 7.05 Å². The van der Waals surface area contributed by atoms with Gasteiger partial charge in [-0.2, -0.15) is 0 Å². The van der Waals surface area contributed by atoms with Gasteiger partial charge in [-0.3, -0.25) is 0 Å². The molecule has 0 spiro atoms. The molecule has 1 unspecified atom stereocenters. The molecule has 0 amide bonds. The summed E-state index contributed by atoms with van der Waals surface area (Å²) >= 11 is 0. The molecule has 1 rings (SSSR count). The summed E-state index contributed by atoms with van der Waals surface area (Å²) in [7, 11) is -1.39. The molecule has 1 aliphatic rings. The topological polar surface area (TPSA) is 49.4 Å². The largest absolute Gasteiger partial charge is 0.315 e. The van der Waals surface area contributed by atoms with E-state index in [0.717, 1.165) is 13.0 Å². The lowest BCUT2D eigenvalue weighted by molar-refractivity contribution is 0.411. The third kappa shape index (κ3) is 2.68. The predicted octanol–water partition coefficient (Wildman–Crippen LogP) is 0.266. The minimum Gasteiger partial charge on any atom is -0.315 e. The van der Waals surface area contributed by atoms with Crippen LogP contribution in [0.3, 0.4) is 0 Å². The van der Waals surface area contributed by atoms with Crippen LogP contribution in [-0.4, -0.2) is 44.7 Å². The Bertz CT molecular complexity index is 269. The molecular weight excluding hydrogens is 200 g/mol. The molecule has 0 bridgehead atoms. The summed E-state index contributed by atoms with van der Waals surface area (Å²) in [6.45, 7) is 6.08. The predicted molar refractivity (Wildman–Crippen MR) is 57.7 cm³/mol. The quantitative estimate of drug-likeness (QED) is 0.739. The van der Waals surface area contributed by atoms with Crippen molar-refractivity contribution in [2.45, 2.75) is 25.5 Å². The number of rotatable bonds is 4. The second-order valence-electron chi connectivity index (χ2n) is 4.33. The first-order valence-corrected chi connectivity index (χ1v) is 6.60. The van der Waals surface area contributed by atoms with Gasteiger partial charge in [0.2, 0.25) is 10.0 Å². The molecule has 1 saturated heterocycles. The van der Waals surface area contributed by atoms with E-state index in [9.17, 15) is 8.42 Å². The van der Waals surface area contributed by atoms with Gasteiger partial charge in [-0.05, 0) is 18.9 Å². The van der Waals surface area contributed by atoms with Gasteiger partial charge in [-0.25, -0.2) is 12.7 Å². The van der Waals surface area contributed by atoms with Crippen LogP contribution in [0, 0.1) is 5.92 Å². The molecule has 0 aromatic rings. The van der Waals surface area contributed by atoms with Gasteiger partial charge in [0.05, 0.1) is 5.25 Å². The lowest BCUT2D eigenvalue weighted by Gasteiger charge is -2.22. The minimum absolute atomic E-state index is 0.216. The number of hydrogen-bond acceptors (Lipinski definition) is 3. The number of sulfonamides is 1. The minimum atomic E-state index is -3.06. The van der Waals surface area contributed by atoms with Crippen molar-refractivity contribution in [3.8, 4) is 0 Å². The lowest BCUT2D eigenvalue weighted by Crippen LogP contribution is -2.39. The molecule has 1 heterocycles. The Morgan fingerprint density at radius 2 is 2.14 bits per heavy atom. The summed E-state index contributed by atoms with van der Waals surface area (Å²) < 4.78 is 25.4. The number of nitrogens with zero attached hydrogens (tertiary/aromatic N) is 1. The van der Waals surface area contributed by atoms with Crippen LogP contribution in [0.25, 0.3) is 0 Å². The summed E-state index contributed by atoms with van der Waals surface area (Å²) in [5.74, 6) is 0.379. The van der Waals surface area contributed by atoms with E-state index in [0.29, 0.717) is 19.0 Å². The zero-order valence-corrected chi connectivity index (χ0v) is 9.97. The van der Waals surface area contributed by atoms with Crippen LogP contribution < -0.4 is 5.32 Å². The molecule has 1 fully saturated rings. The maximum atomic E-state index is 12.0. The second kappa shape index (κ2) is 4.59. The summed E-state index contributed by atoms with van der Waals surface area (Å²) in [6, 6.07) is 0. The number of hydrogen-bond donors (Lipinski definition) is 1. The van der Waals surface area contributed by atoms with Crippen molar-refractivity contribution in [2.24, 2.45) is 5.92 Å². The smallest absolute Gasteiger partial charge is 0.218 e. The Balaban J connectivity index is 2.63. The Morgan fingerprint density at radius 1 is 1.50 bits per heavy atom. The van der Waals surface area contributed by atoms with E-state index < -0.39 is 10.0 Å². The van der Waals surface area contributed by atoms with Crippen molar-refractivity contribution in [2.75, 3.05) is 26.7 Å². The van der Waals surface area contributed by atoms with E-state index >= 15 is 0 Å². The first-order valence-electron chi connectivity index (χ1n) is 5.10. The van der Waals surface area contributed by atoms with E-state index in [1.807, 2.05) is 13.8 Å². The van der Waals surface area contributed by atoms with Gasteiger partial charge in [0.15, 0.2) is 0 Å². The normalized spacial score (nSPS) is 23.6. The van der Waals surface area contributed by atoms with E-state index in [2.05, 4.69) is 5.32 Å². The molecule has 1 aliphatic heterocycles. The standard InChI is InChI=1S/C9H20N2O2S/c1-8(2)7-11(3)14(12,13)9-4-5-10-6-9/h8-10H,4-7H2,1-3H3. The van der Waals surface area contributed by atoms with Crippen molar-refractivity contribution in [3.63, 3.8) is 0 Å². The Hall–Kier alpha value is -0.130. The molecule has 0 aliphatic carbocycles. The van der Waals surface area contributed by atoms with Crippen molar-refractivity contribution in [1.29, 1.82) is 0 Å². The zero-order chi connectivity index (χ0) is 10.8. The molecule has 84 valence electrons. The van der Waals surface area contributed by atoms with Gasteiger partial charge >= 0.3 is 0 Å². The SMILES string of the molecule is CC(C)CN(C)S(=O)(=O)C1CCNC1. The fourth-order valence-electron chi connectivity index (χ4n) is 1.75. The maximum Gasteiger partial charge on any atom is 0.218 e. The van der Waals surface area contributed by atoms with Crippen LogP contribution >= 0.6 is 0 Å². The Labute approximate surface area is 86.7 Å². The number of nitrogens with one attached hydrogen (secondary N) is 1. The van der Waals surface area contributed by atoms with Crippen LogP contribution in [0.4, 0.5) is 0 Å². The van der Waals surface area contributed by atoms with Gasteiger partial charge in [-0.1, -0.05) is 13.8 Å². The van der Waals surface area contributed by atoms with Crippen LogP contribution in [0.15, 0.2) is 0 Å². The molecule has 1 N–H and O–H groups in total. The summed E-state index contributed by atoms with van der Waals surface area (Å²) in [5, 5.41) is 2.86. The zero-order valence-electron chi connectivity index (χ0n) is 9.16. The summed E-state index contributed by atoms with van der Waals surface area (Å²) in [6.07, 6.45) is 0.741. The highest BCUT2D eigenvalue weighted by atomic mass is 32.2. The van der Waals surface area contributed by atoms with Crippen molar-refractivity contribution >= 4 is 10.0 Å². The van der Waals surface area contributed by atoms with Gasteiger partial charge in [0.1, 0.15) is 0 Å². The monoisotopic (exact) mass is 220 g/mol. The van der Waals surface area contributed by atoms with Gasteiger partial charge < -0.3 is 5.32 Å². The van der Waals surface area contributed by atoms with E-state index in [4.69, 9.17) is 0 Å². The molecular formula is C9H20N2O2S. The van der Waals surface area contributed by atoms with Gasteiger partial charge in [0.25, 0.3) is 0 Å². The van der Waals surface area contributed by atoms with Crippen LogP contribution in [0.5, 0.6) is 0 Å². The Kier molecular flexibility index (Phi) is 3.92. The summed E-state index contributed by atoms with van der Waals surface area (Å²) in [5.41, 5.74) is 0. The molecule has 5 heteroatoms. The first kappa shape index (κ1) is 11.9. The third-order valence-electron chi connectivity index (χ3n) is 2.49. The van der Waals surface area contributed by atoms with Gasteiger partial charge in [0, 0.05) is 20.1 Å². The molecule has 0 radical (unpaired) electrons. The highest BCUT2D eigenvalue weighted by molar-refractivity contribution is 7.89. The second-order valence-corrected chi connectivity index (χ2v) is 6.65. The van der Waals surface area contributed by atoms with Gasteiger partial charge in [-0.15, -0.1) is 0 Å². The highest BCUT2D eigenvalue weighted by Crippen LogP contribution is 2.14. The van der Waals surface area contributed by atoms with E-state index in [1.165, 1.54) is 4.31 Å². The third-order valence-corrected chi connectivity index (χ3v) is 4.76. The Morgan fingerprint density at radius 3 is 2.57 bits per heavy atom. The fourth-order valence-corrected chi connectivity index (χ4v) is 3.51. The van der Waals surface area contributed by atoms with Crippen LogP contribution in [-0.2, 0) is 10.0 Å². The first-order chi connectivity index (χ1) is 6.44. The molecule has 0 saturated carbocycles. The average molecular weight is 220 g/mol. The molecule has 0 aromatic heterocycles. The van der Waals surface area contributed by atoms with Crippen molar-refractivity contribution in [1.82, 2.24) is 9.62 Å². The molecule has 0 aromatic carbocycles. The maximum absolute atomic E-state index is 12.0. The summed E-state index contributed by atoms with van der Waals surface area (Å²) in [4.78, 5) is 0. The fraction of sp³-hybridized carbons (Fsp3) is 1.00.